The number of para-hydroxylation sites is 1. The van der Waals surface area contributed by atoms with Gasteiger partial charge in [-0.05, 0) is 49.6 Å². The first kappa shape index (κ1) is 22.6. The number of ether oxygens (including phenoxy) is 1. The SMILES string of the molecule is CC(C)NS(=O)(=O)c1cccc(C(=O)OCC(=O)Nc2ccccc2C(C)C)c1. The van der Waals surface area contributed by atoms with E-state index in [1.165, 1.54) is 24.3 Å². The van der Waals surface area contributed by atoms with Crippen LogP contribution in [0.2, 0.25) is 0 Å². The normalized spacial score (nSPS) is 11.5. The first-order valence-electron chi connectivity index (χ1n) is 9.28. The number of carbonyl (C=O) groups is 2. The summed E-state index contributed by atoms with van der Waals surface area (Å²) in [4.78, 5) is 24.4. The van der Waals surface area contributed by atoms with Crippen molar-refractivity contribution in [1.29, 1.82) is 0 Å². The predicted molar refractivity (Wildman–Crippen MR) is 111 cm³/mol. The molecule has 8 heteroatoms. The number of anilines is 1. The third-order valence-electron chi connectivity index (χ3n) is 3.96. The van der Waals surface area contributed by atoms with Gasteiger partial charge in [-0.3, -0.25) is 4.79 Å². The van der Waals surface area contributed by atoms with Crippen molar-refractivity contribution in [2.75, 3.05) is 11.9 Å². The number of nitrogens with one attached hydrogen (secondary N) is 2. The highest BCUT2D eigenvalue weighted by Gasteiger charge is 2.18. The molecule has 0 bridgehead atoms. The first-order valence-corrected chi connectivity index (χ1v) is 10.8. The van der Waals surface area contributed by atoms with Gasteiger partial charge >= 0.3 is 5.97 Å². The molecule has 0 aromatic heterocycles. The molecule has 1 amide bonds. The monoisotopic (exact) mass is 418 g/mol. The Bertz CT molecular complexity index is 984. The molecular formula is C21H26N2O5S. The van der Waals surface area contributed by atoms with E-state index < -0.39 is 28.5 Å². The molecule has 0 aliphatic carbocycles. The zero-order chi connectivity index (χ0) is 21.6. The lowest BCUT2D eigenvalue weighted by Crippen LogP contribution is -2.30. The molecule has 29 heavy (non-hydrogen) atoms. The summed E-state index contributed by atoms with van der Waals surface area (Å²) < 4.78 is 32.0. The van der Waals surface area contributed by atoms with E-state index in [1.807, 2.05) is 32.0 Å². The van der Waals surface area contributed by atoms with Crippen LogP contribution >= 0.6 is 0 Å². The summed E-state index contributed by atoms with van der Waals surface area (Å²) in [6, 6.07) is 12.6. The standard InChI is InChI=1S/C21H26N2O5S/c1-14(2)18-10-5-6-11-19(18)22-20(24)13-28-21(25)16-8-7-9-17(12-16)29(26,27)23-15(3)4/h5-12,14-15,23H,13H2,1-4H3,(H,22,24). The topological polar surface area (TPSA) is 102 Å². The molecule has 0 aliphatic rings. The fraction of sp³-hybridized carbons (Fsp3) is 0.333. The van der Waals surface area contributed by atoms with Gasteiger partial charge in [-0.2, -0.15) is 0 Å². The Morgan fingerprint density at radius 2 is 1.69 bits per heavy atom. The second kappa shape index (κ2) is 9.67. The summed E-state index contributed by atoms with van der Waals surface area (Å²) >= 11 is 0. The molecule has 0 saturated carbocycles. The average molecular weight is 419 g/mol. The van der Waals surface area contributed by atoms with Crippen LogP contribution < -0.4 is 10.0 Å². The van der Waals surface area contributed by atoms with Crippen LogP contribution in [0.25, 0.3) is 0 Å². The fourth-order valence-corrected chi connectivity index (χ4v) is 3.98. The van der Waals surface area contributed by atoms with Gasteiger partial charge in [0.25, 0.3) is 5.91 Å². The lowest BCUT2D eigenvalue weighted by Gasteiger charge is -2.14. The summed E-state index contributed by atoms with van der Waals surface area (Å²) in [7, 11) is -3.74. The van der Waals surface area contributed by atoms with E-state index in [1.54, 1.807) is 19.9 Å². The van der Waals surface area contributed by atoms with Crippen molar-refractivity contribution in [3.63, 3.8) is 0 Å². The Morgan fingerprint density at radius 3 is 2.34 bits per heavy atom. The number of benzene rings is 2. The second-order valence-electron chi connectivity index (χ2n) is 7.17. The first-order chi connectivity index (χ1) is 13.6. The average Bonchev–Trinajstić information content (AvgIpc) is 2.65. The van der Waals surface area contributed by atoms with E-state index in [0.29, 0.717) is 5.69 Å². The smallest absolute Gasteiger partial charge is 0.338 e. The molecular weight excluding hydrogens is 392 g/mol. The van der Waals surface area contributed by atoms with E-state index in [0.717, 1.165) is 5.56 Å². The molecule has 0 saturated heterocycles. The molecule has 0 radical (unpaired) electrons. The zero-order valence-electron chi connectivity index (χ0n) is 16.9. The molecule has 2 aromatic carbocycles. The predicted octanol–water partition coefficient (Wildman–Crippen LogP) is 3.29. The number of amides is 1. The quantitative estimate of drug-likeness (QED) is 0.641. The van der Waals surface area contributed by atoms with Crippen molar-refractivity contribution in [3.05, 3.63) is 59.7 Å². The third-order valence-corrected chi connectivity index (χ3v) is 5.62. The maximum atomic E-state index is 12.3. The van der Waals surface area contributed by atoms with Crippen molar-refractivity contribution in [3.8, 4) is 0 Å². The van der Waals surface area contributed by atoms with E-state index >= 15 is 0 Å². The zero-order valence-corrected chi connectivity index (χ0v) is 17.7. The lowest BCUT2D eigenvalue weighted by molar-refractivity contribution is -0.119. The molecule has 2 rings (SSSR count). The molecule has 0 aliphatic heterocycles. The van der Waals surface area contributed by atoms with Gasteiger partial charge < -0.3 is 10.1 Å². The van der Waals surface area contributed by atoms with Crippen molar-refractivity contribution in [1.82, 2.24) is 4.72 Å². The van der Waals surface area contributed by atoms with Crippen LogP contribution in [-0.2, 0) is 19.6 Å². The molecule has 0 unspecified atom stereocenters. The lowest BCUT2D eigenvalue weighted by atomic mass is 10.0. The van der Waals surface area contributed by atoms with Gasteiger partial charge in [0.2, 0.25) is 10.0 Å². The van der Waals surface area contributed by atoms with Crippen LogP contribution in [0.1, 0.15) is 49.5 Å². The maximum Gasteiger partial charge on any atom is 0.338 e. The summed E-state index contributed by atoms with van der Waals surface area (Å²) in [5, 5.41) is 2.73. The van der Waals surface area contributed by atoms with Crippen LogP contribution in [0.15, 0.2) is 53.4 Å². The van der Waals surface area contributed by atoms with Crippen LogP contribution in [-0.4, -0.2) is 32.9 Å². The molecule has 0 spiro atoms. The van der Waals surface area contributed by atoms with Gasteiger partial charge in [-0.15, -0.1) is 0 Å². The highest BCUT2D eigenvalue weighted by Crippen LogP contribution is 2.23. The van der Waals surface area contributed by atoms with Crippen molar-refractivity contribution in [2.24, 2.45) is 0 Å². The number of carbonyl (C=O) groups excluding carboxylic acids is 2. The Kier molecular flexibility index (Phi) is 7.53. The molecule has 0 fully saturated rings. The Hall–Kier alpha value is -2.71. The van der Waals surface area contributed by atoms with E-state index in [9.17, 15) is 18.0 Å². The van der Waals surface area contributed by atoms with E-state index in [2.05, 4.69) is 10.0 Å². The number of hydrogen-bond donors (Lipinski definition) is 2. The minimum atomic E-state index is -3.74. The van der Waals surface area contributed by atoms with Gasteiger partial charge in [0.15, 0.2) is 6.61 Å². The molecule has 0 heterocycles. The van der Waals surface area contributed by atoms with Crippen LogP contribution in [0.3, 0.4) is 0 Å². The van der Waals surface area contributed by atoms with Crippen LogP contribution in [0, 0.1) is 0 Å². The largest absolute Gasteiger partial charge is 0.452 e. The maximum absolute atomic E-state index is 12.3. The van der Waals surface area contributed by atoms with Crippen molar-refractivity contribution >= 4 is 27.6 Å². The van der Waals surface area contributed by atoms with Gasteiger partial charge in [-0.25, -0.2) is 17.9 Å². The van der Waals surface area contributed by atoms with Crippen molar-refractivity contribution < 1.29 is 22.7 Å². The Balaban J connectivity index is 2.03. The molecule has 2 N–H and O–H groups in total. The molecule has 156 valence electrons. The minimum Gasteiger partial charge on any atom is -0.452 e. The van der Waals surface area contributed by atoms with Crippen LogP contribution in [0.4, 0.5) is 5.69 Å². The van der Waals surface area contributed by atoms with Gasteiger partial charge in [0, 0.05) is 11.7 Å². The minimum absolute atomic E-state index is 0.0454. The van der Waals surface area contributed by atoms with Crippen molar-refractivity contribution in [2.45, 2.75) is 44.6 Å². The van der Waals surface area contributed by atoms with Gasteiger partial charge in [0.1, 0.15) is 0 Å². The second-order valence-corrected chi connectivity index (χ2v) is 8.88. The summed E-state index contributed by atoms with van der Waals surface area (Å²) in [6.45, 7) is 6.95. The molecule has 7 nitrogen and oxygen atoms in total. The van der Waals surface area contributed by atoms with E-state index in [4.69, 9.17) is 4.74 Å². The summed E-state index contributed by atoms with van der Waals surface area (Å²) in [5.41, 5.74) is 1.69. The fourth-order valence-electron chi connectivity index (χ4n) is 2.68. The van der Waals surface area contributed by atoms with E-state index in [-0.39, 0.29) is 22.4 Å². The molecule has 0 atom stereocenters. The Labute approximate surface area is 171 Å². The third kappa shape index (κ3) is 6.40. The highest BCUT2D eigenvalue weighted by molar-refractivity contribution is 7.89. The van der Waals surface area contributed by atoms with Gasteiger partial charge in [-0.1, -0.05) is 38.1 Å². The number of hydrogen-bond acceptors (Lipinski definition) is 5. The Morgan fingerprint density at radius 1 is 1.00 bits per heavy atom. The summed E-state index contributed by atoms with van der Waals surface area (Å²) in [6.07, 6.45) is 0. The number of esters is 1. The molecule has 2 aromatic rings. The van der Waals surface area contributed by atoms with Crippen LogP contribution in [0.5, 0.6) is 0 Å². The summed E-state index contributed by atoms with van der Waals surface area (Å²) in [5.74, 6) is -1.03. The number of rotatable bonds is 8. The van der Waals surface area contributed by atoms with Gasteiger partial charge in [0.05, 0.1) is 10.5 Å². The number of sulfonamides is 1. The highest BCUT2D eigenvalue weighted by atomic mass is 32.2.